The lowest BCUT2D eigenvalue weighted by atomic mass is 10.1. The summed E-state index contributed by atoms with van der Waals surface area (Å²) < 4.78 is 5.41. The van der Waals surface area contributed by atoms with Crippen LogP contribution in [0.3, 0.4) is 0 Å². The SMILES string of the molecule is Cc1nnc(CN2CCN(C(=O)Cc3ccccc3C)CC2)o1. The molecule has 1 aromatic heterocycles. The Morgan fingerprint density at radius 1 is 1.13 bits per heavy atom. The molecule has 6 heteroatoms. The highest BCUT2D eigenvalue weighted by atomic mass is 16.4. The summed E-state index contributed by atoms with van der Waals surface area (Å²) in [5.41, 5.74) is 2.28. The molecule has 3 rings (SSSR count). The molecule has 1 aliphatic heterocycles. The third-order valence-electron chi connectivity index (χ3n) is 4.25. The monoisotopic (exact) mass is 314 g/mol. The largest absolute Gasteiger partial charge is 0.424 e. The first kappa shape index (κ1) is 15.7. The van der Waals surface area contributed by atoms with E-state index >= 15 is 0 Å². The van der Waals surface area contributed by atoms with Gasteiger partial charge in [-0.25, -0.2) is 0 Å². The second-order valence-electron chi connectivity index (χ2n) is 5.98. The fourth-order valence-corrected chi connectivity index (χ4v) is 2.83. The number of carbonyl (C=O) groups is 1. The molecule has 2 aromatic rings. The molecule has 0 saturated carbocycles. The molecule has 0 spiro atoms. The number of aryl methyl sites for hydroxylation is 2. The molecule has 1 fully saturated rings. The van der Waals surface area contributed by atoms with Gasteiger partial charge in [0.05, 0.1) is 13.0 Å². The molecule has 0 bridgehead atoms. The molecule has 0 unspecified atom stereocenters. The zero-order valence-electron chi connectivity index (χ0n) is 13.7. The van der Waals surface area contributed by atoms with Crippen molar-refractivity contribution < 1.29 is 9.21 Å². The summed E-state index contributed by atoms with van der Waals surface area (Å²) in [5.74, 6) is 1.43. The van der Waals surface area contributed by atoms with E-state index in [4.69, 9.17) is 4.42 Å². The number of benzene rings is 1. The predicted molar refractivity (Wildman–Crippen MR) is 85.8 cm³/mol. The van der Waals surface area contributed by atoms with E-state index in [1.54, 1.807) is 6.92 Å². The van der Waals surface area contributed by atoms with Crippen LogP contribution in [0.4, 0.5) is 0 Å². The molecule has 1 amide bonds. The lowest BCUT2D eigenvalue weighted by molar-refractivity contribution is -0.132. The molecule has 0 radical (unpaired) electrons. The van der Waals surface area contributed by atoms with Gasteiger partial charge in [0.2, 0.25) is 17.7 Å². The van der Waals surface area contributed by atoms with Crippen LogP contribution in [0.25, 0.3) is 0 Å². The number of hydrogen-bond donors (Lipinski definition) is 0. The van der Waals surface area contributed by atoms with Crippen molar-refractivity contribution in [2.45, 2.75) is 26.8 Å². The molecule has 1 aliphatic rings. The maximum Gasteiger partial charge on any atom is 0.230 e. The molecule has 0 aliphatic carbocycles. The van der Waals surface area contributed by atoms with Gasteiger partial charge in [0, 0.05) is 33.1 Å². The van der Waals surface area contributed by atoms with Crippen LogP contribution in [0.2, 0.25) is 0 Å². The Labute approximate surface area is 136 Å². The molecular weight excluding hydrogens is 292 g/mol. The van der Waals surface area contributed by atoms with Crippen molar-refractivity contribution in [2.75, 3.05) is 26.2 Å². The number of carbonyl (C=O) groups excluding carboxylic acids is 1. The van der Waals surface area contributed by atoms with Crippen LogP contribution in [0.5, 0.6) is 0 Å². The minimum Gasteiger partial charge on any atom is -0.424 e. The van der Waals surface area contributed by atoms with Gasteiger partial charge in [-0.2, -0.15) is 0 Å². The Balaban J connectivity index is 1.50. The zero-order valence-corrected chi connectivity index (χ0v) is 13.7. The van der Waals surface area contributed by atoms with Gasteiger partial charge in [-0.1, -0.05) is 24.3 Å². The fourth-order valence-electron chi connectivity index (χ4n) is 2.83. The quantitative estimate of drug-likeness (QED) is 0.857. The Morgan fingerprint density at radius 2 is 1.87 bits per heavy atom. The van der Waals surface area contributed by atoms with Gasteiger partial charge in [-0.05, 0) is 18.1 Å². The minimum absolute atomic E-state index is 0.201. The first-order valence-electron chi connectivity index (χ1n) is 7.95. The summed E-state index contributed by atoms with van der Waals surface area (Å²) in [5, 5.41) is 7.86. The topological polar surface area (TPSA) is 62.5 Å². The lowest BCUT2D eigenvalue weighted by Gasteiger charge is -2.34. The van der Waals surface area contributed by atoms with Gasteiger partial charge in [-0.15, -0.1) is 10.2 Å². The predicted octanol–water partition coefficient (Wildman–Crippen LogP) is 1.57. The second kappa shape index (κ2) is 6.91. The maximum absolute atomic E-state index is 12.5. The second-order valence-corrected chi connectivity index (χ2v) is 5.98. The van der Waals surface area contributed by atoms with Crippen molar-refractivity contribution in [3.63, 3.8) is 0 Å². The summed E-state index contributed by atoms with van der Waals surface area (Å²) in [6.07, 6.45) is 0.482. The molecule has 1 aromatic carbocycles. The number of rotatable bonds is 4. The minimum atomic E-state index is 0.201. The van der Waals surface area contributed by atoms with E-state index in [-0.39, 0.29) is 5.91 Å². The molecule has 122 valence electrons. The van der Waals surface area contributed by atoms with E-state index in [1.165, 1.54) is 5.56 Å². The molecule has 6 nitrogen and oxygen atoms in total. The Bertz CT molecular complexity index is 675. The maximum atomic E-state index is 12.5. The zero-order chi connectivity index (χ0) is 16.2. The van der Waals surface area contributed by atoms with Crippen molar-refractivity contribution in [3.05, 3.63) is 47.2 Å². The smallest absolute Gasteiger partial charge is 0.230 e. The third kappa shape index (κ3) is 3.96. The number of piperazine rings is 1. The summed E-state index contributed by atoms with van der Waals surface area (Å²) >= 11 is 0. The van der Waals surface area contributed by atoms with Crippen LogP contribution in [-0.4, -0.2) is 52.1 Å². The number of hydrogen-bond acceptors (Lipinski definition) is 5. The molecule has 0 N–H and O–H groups in total. The molecule has 1 saturated heterocycles. The first-order valence-corrected chi connectivity index (χ1v) is 7.95. The number of amides is 1. The summed E-state index contributed by atoms with van der Waals surface area (Å²) in [4.78, 5) is 16.6. The standard InChI is InChI=1S/C17H22N4O2/c1-13-5-3-4-6-15(13)11-17(22)21-9-7-20(8-10-21)12-16-19-18-14(2)23-16/h3-6H,7-12H2,1-2H3. The van der Waals surface area contributed by atoms with Crippen LogP contribution < -0.4 is 0 Å². The molecule has 23 heavy (non-hydrogen) atoms. The van der Waals surface area contributed by atoms with E-state index in [0.29, 0.717) is 24.7 Å². The Hall–Kier alpha value is -2.21. The van der Waals surface area contributed by atoms with Gasteiger partial charge in [0.15, 0.2) is 0 Å². The van der Waals surface area contributed by atoms with E-state index in [1.807, 2.05) is 36.1 Å². The Morgan fingerprint density at radius 3 is 2.52 bits per heavy atom. The molecular formula is C17H22N4O2. The number of aromatic nitrogens is 2. The van der Waals surface area contributed by atoms with Crippen molar-refractivity contribution in [2.24, 2.45) is 0 Å². The molecule has 2 heterocycles. The summed E-state index contributed by atoms with van der Waals surface area (Å²) in [6, 6.07) is 8.07. The van der Waals surface area contributed by atoms with E-state index in [0.717, 1.165) is 31.7 Å². The van der Waals surface area contributed by atoms with Crippen LogP contribution in [0, 0.1) is 13.8 Å². The number of nitrogens with zero attached hydrogens (tertiary/aromatic N) is 4. The highest BCUT2D eigenvalue weighted by Crippen LogP contribution is 2.12. The van der Waals surface area contributed by atoms with Gasteiger partial charge < -0.3 is 9.32 Å². The highest BCUT2D eigenvalue weighted by Gasteiger charge is 2.22. The van der Waals surface area contributed by atoms with Crippen LogP contribution in [-0.2, 0) is 17.8 Å². The fraction of sp³-hybridized carbons (Fsp3) is 0.471. The Kier molecular flexibility index (Phi) is 4.71. The third-order valence-corrected chi connectivity index (χ3v) is 4.25. The van der Waals surface area contributed by atoms with Crippen LogP contribution in [0.15, 0.2) is 28.7 Å². The average molecular weight is 314 g/mol. The summed E-state index contributed by atoms with van der Waals surface area (Å²) in [7, 11) is 0. The van der Waals surface area contributed by atoms with Crippen molar-refractivity contribution in [3.8, 4) is 0 Å². The van der Waals surface area contributed by atoms with Gasteiger partial charge in [-0.3, -0.25) is 9.69 Å². The summed E-state index contributed by atoms with van der Waals surface area (Å²) in [6.45, 7) is 7.66. The lowest BCUT2D eigenvalue weighted by Crippen LogP contribution is -2.48. The highest BCUT2D eigenvalue weighted by molar-refractivity contribution is 5.79. The van der Waals surface area contributed by atoms with Gasteiger partial charge in [0.25, 0.3) is 0 Å². The van der Waals surface area contributed by atoms with Crippen LogP contribution in [0.1, 0.15) is 22.9 Å². The van der Waals surface area contributed by atoms with Gasteiger partial charge >= 0.3 is 0 Å². The average Bonchev–Trinajstić information content (AvgIpc) is 2.95. The van der Waals surface area contributed by atoms with Crippen LogP contribution >= 0.6 is 0 Å². The van der Waals surface area contributed by atoms with Crippen molar-refractivity contribution >= 4 is 5.91 Å². The van der Waals surface area contributed by atoms with Crippen molar-refractivity contribution in [1.29, 1.82) is 0 Å². The molecule has 0 atom stereocenters. The van der Waals surface area contributed by atoms with E-state index < -0.39 is 0 Å². The van der Waals surface area contributed by atoms with E-state index in [9.17, 15) is 4.79 Å². The normalized spacial score (nSPS) is 15.8. The first-order chi connectivity index (χ1) is 11.1. The van der Waals surface area contributed by atoms with Gasteiger partial charge in [0.1, 0.15) is 0 Å². The van der Waals surface area contributed by atoms with Crippen molar-refractivity contribution in [1.82, 2.24) is 20.0 Å². The van der Waals surface area contributed by atoms with E-state index in [2.05, 4.69) is 15.1 Å².